The zero-order valence-corrected chi connectivity index (χ0v) is 31.6. The Hall–Kier alpha value is -2.28. The van der Waals surface area contributed by atoms with Crippen LogP contribution in [-0.2, 0) is 22.7 Å². The first-order valence-corrected chi connectivity index (χ1v) is 20.1. The fourth-order valence-electron chi connectivity index (χ4n) is 6.52. The van der Waals surface area contributed by atoms with Gasteiger partial charge in [0, 0.05) is 6.07 Å². The summed E-state index contributed by atoms with van der Waals surface area (Å²) < 4.78 is 25.2. The molecule has 11 heteroatoms. The molecule has 4 N–H and O–H groups in total. The van der Waals surface area contributed by atoms with E-state index in [-0.39, 0.29) is 6.61 Å². The van der Waals surface area contributed by atoms with Gasteiger partial charge in [-0.15, -0.1) is 5.10 Å². The minimum absolute atomic E-state index is 0.149. The van der Waals surface area contributed by atoms with Gasteiger partial charge < -0.3 is 39.4 Å². The quantitative estimate of drug-likeness (QED) is 0.0596. The molecule has 1 saturated heterocycles. The molecular formula is C40H69N3O8. The van der Waals surface area contributed by atoms with Crippen LogP contribution in [0.5, 0.6) is 11.5 Å². The number of aliphatic hydroxyl groups is 4. The van der Waals surface area contributed by atoms with Gasteiger partial charge in [-0.05, 0) is 30.5 Å². The molecule has 51 heavy (non-hydrogen) atoms. The molecule has 1 fully saturated rings. The van der Waals surface area contributed by atoms with Crippen molar-refractivity contribution >= 4 is 0 Å². The van der Waals surface area contributed by atoms with Gasteiger partial charge in [-0.2, -0.15) is 0 Å². The van der Waals surface area contributed by atoms with E-state index in [4.69, 9.17) is 18.9 Å². The Balaban J connectivity index is 1.46. The largest absolute Gasteiger partial charge is 0.493 e. The van der Waals surface area contributed by atoms with Crippen molar-refractivity contribution in [1.82, 2.24) is 15.0 Å². The fourth-order valence-corrected chi connectivity index (χ4v) is 6.52. The number of nitrogens with zero attached hydrogens (tertiary/aromatic N) is 3. The van der Waals surface area contributed by atoms with Gasteiger partial charge in [0.15, 0.2) is 6.23 Å². The zero-order valence-electron chi connectivity index (χ0n) is 31.6. The molecule has 2 aromatic rings. The Morgan fingerprint density at radius 3 is 1.61 bits per heavy atom. The van der Waals surface area contributed by atoms with Crippen LogP contribution in [0.2, 0.25) is 0 Å². The van der Waals surface area contributed by atoms with Crippen molar-refractivity contribution in [3.63, 3.8) is 0 Å². The van der Waals surface area contributed by atoms with Crippen LogP contribution in [-0.4, -0.2) is 79.7 Å². The standard InChI is InChI=1S/C40H69N3O8/c1-3-5-7-9-11-13-15-17-19-21-23-49-34-25-32(26-35(27-34)50-24-22-20-18-16-14-12-10-8-6-4-2)30-48-31-33-28-43(42-41-33)40-39(47)38(46)37(45)36(29-44)51-40/h25-28,36-40,44-47H,3-24,29-31H2,1-2H3/t36-,37-,38+,39+,40-/m1/s1. The summed E-state index contributed by atoms with van der Waals surface area (Å²) in [5.41, 5.74) is 1.42. The van der Waals surface area contributed by atoms with Gasteiger partial charge in [0.2, 0.25) is 0 Å². The SMILES string of the molecule is CCCCCCCCCCCCOc1cc(COCc2cn([C@@H]3O[C@H](CO)[C@@H](O)[C@H](O)[C@@H]3O)nn2)cc(OCCCCCCCCCCCC)c1. The summed E-state index contributed by atoms with van der Waals surface area (Å²) in [6, 6.07) is 5.96. The van der Waals surface area contributed by atoms with Gasteiger partial charge in [0.25, 0.3) is 0 Å². The maximum Gasteiger partial charge on any atom is 0.180 e. The van der Waals surface area contributed by atoms with Crippen molar-refractivity contribution in [3.8, 4) is 11.5 Å². The second-order valence-electron chi connectivity index (χ2n) is 14.3. The molecular weight excluding hydrogens is 650 g/mol. The molecule has 0 unspecified atom stereocenters. The number of hydrogen-bond donors (Lipinski definition) is 4. The van der Waals surface area contributed by atoms with Gasteiger partial charge in [-0.3, -0.25) is 0 Å². The zero-order chi connectivity index (χ0) is 36.5. The first-order chi connectivity index (χ1) is 25.0. The number of aromatic nitrogens is 3. The molecule has 0 spiro atoms. The second-order valence-corrected chi connectivity index (χ2v) is 14.3. The van der Waals surface area contributed by atoms with E-state index < -0.39 is 37.3 Å². The van der Waals surface area contributed by atoms with Crippen LogP contribution in [0, 0.1) is 0 Å². The molecule has 5 atom stereocenters. The first kappa shape index (κ1) is 43.1. The molecule has 0 amide bonds. The number of rotatable bonds is 30. The maximum atomic E-state index is 10.4. The highest BCUT2D eigenvalue weighted by Crippen LogP contribution is 2.28. The molecule has 11 nitrogen and oxygen atoms in total. The van der Waals surface area contributed by atoms with E-state index in [9.17, 15) is 20.4 Å². The van der Waals surface area contributed by atoms with Crippen molar-refractivity contribution in [1.29, 1.82) is 0 Å². The summed E-state index contributed by atoms with van der Waals surface area (Å²) in [4.78, 5) is 0. The van der Waals surface area contributed by atoms with Crippen LogP contribution >= 0.6 is 0 Å². The average molecular weight is 720 g/mol. The number of ether oxygens (including phenoxy) is 4. The van der Waals surface area contributed by atoms with Crippen LogP contribution < -0.4 is 9.47 Å². The normalized spacial score (nSPS) is 20.5. The Kier molecular flexibility index (Phi) is 22.4. The molecule has 1 aliphatic rings. The first-order valence-electron chi connectivity index (χ1n) is 20.1. The van der Waals surface area contributed by atoms with E-state index in [1.54, 1.807) is 6.20 Å². The van der Waals surface area contributed by atoms with Gasteiger partial charge in [-0.25, -0.2) is 4.68 Å². The number of hydrogen-bond acceptors (Lipinski definition) is 10. The van der Waals surface area contributed by atoms with Crippen molar-refractivity contribution in [2.75, 3.05) is 19.8 Å². The van der Waals surface area contributed by atoms with Crippen LogP contribution in [0.3, 0.4) is 0 Å². The average Bonchev–Trinajstić information content (AvgIpc) is 3.60. The lowest BCUT2D eigenvalue weighted by Crippen LogP contribution is -2.56. The predicted molar refractivity (Wildman–Crippen MR) is 199 cm³/mol. The molecule has 0 saturated carbocycles. The Morgan fingerprint density at radius 1 is 0.627 bits per heavy atom. The molecule has 2 heterocycles. The summed E-state index contributed by atoms with van der Waals surface area (Å²) in [6.07, 6.45) is 20.6. The van der Waals surface area contributed by atoms with E-state index in [1.165, 1.54) is 120 Å². The second kappa shape index (κ2) is 26.5. The summed E-state index contributed by atoms with van der Waals surface area (Å²) in [5, 5.41) is 48.3. The van der Waals surface area contributed by atoms with E-state index >= 15 is 0 Å². The minimum atomic E-state index is -1.49. The Morgan fingerprint density at radius 2 is 1.12 bits per heavy atom. The third-order valence-electron chi connectivity index (χ3n) is 9.68. The summed E-state index contributed by atoms with van der Waals surface area (Å²) in [6.45, 7) is 5.79. The van der Waals surface area contributed by atoms with E-state index in [1.807, 2.05) is 18.2 Å². The molecule has 3 rings (SSSR count). The van der Waals surface area contributed by atoms with Crippen LogP contribution in [0.1, 0.15) is 160 Å². The summed E-state index contributed by atoms with van der Waals surface area (Å²) >= 11 is 0. The molecule has 0 aliphatic carbocycles. The molecule has 292 valence electrons. The van der Waals surface area contributed by atoms with Crippen molar-refractivity contribution in [3.05, 3.63) is 35.7 Å². The third kappa shape index (κ3) is 16.9. The third-order valence-corrected chi connectivity index (χ3v) is 9.68. The molecule has 0 radical (unpaired) electrons. The highest BCUT2D eigenvalue weighted by Gasteiger charge is 2.44. The van der Waals surface area contributed by atoms with E-state index in [2.05, 4.69) is 24.2 Å². The van der Waals surface area contributed by atoms with Crippen molar-refractivity contribution < 1.29 is 39.4 Å². The van der Waals surface area contributed by atoms with Crippen molar-refractivity contribution in [2.24, 2.45) is 0 Å². The Labute approximate surface area is 307 Å². The van der Waals surface area contributed by atoms with Crippen LogP contribution in [0.15, 0.2) is 24.4 Å². The van der Waals surface area contributed by atoms with Gasteiger partial charge >= 0.3 is 0 Å². The van der Waals surface area contributed by atoms with Gasteiger partial charge in [0.05, 0.1) is 39.2 Å². The Bertz CT molecular complexity index is 1100. The number of aliphatic hydroxyl groups excluding tert-OH is 4. The lowest BCUT2D eigenvalue weighted by atomic mass is 9.98. The topological polar surface area (TPSA) is 149 Å². The van der Waals surface area contributed by atoms with Gasteiger partial charge in [0.1, 0.15) is 41.6 Å². The summed E-state index contributed by atoms with van der Waals surface area (Å²) in [7, 11) is 0. The van der Waals surface area contributed by atoms with E-state index in [0.29, 0.717) is 25.5 Å². The summed E-state index contributed by atoms with van der Waals surface area (Å²) in [5.74, 6) is 1.55. The molecule has 1 aromatic carbocycles. The minimum Gasteiger partial charge on any atom is -0.493 e. The van der Waals surface area contributed by atoms with Gasteiger partial charge in [-0.1, -0.05) is 135 Å². The lowest BCUT2D eigenvalue weighted by molar-refractivity contribution is -0.254. The van der Waals surface area contributed by atoms with Crippen molar-refractivity contribution in [2.45, 2.75) is 186 Å². The van der Waals surface area contributed by atoms with Crippen LogP contribution in [0.4, 0.5) is 0 Å². The monoisotopic (exact) mass is 720 g/mol. The highest BCUT2D eigenvalue weighted by atomic mass is 16.6. The highest BCUT2D eigenvalue weighted by molar-refractivity contribution is 5.38. The molecule has 1 aliphatic heterocycles. The lowest BCUT2D eigenvalue weighted by Gasteiger charge is -2.39. The molecule has 1 aromatic heterocycles. The van der Waals surface area contributed by atoms with Crippen LogP contribution in [0.25, 0.3) is 0 Å². The number of benzene rings is 1. The fraction of sp³-hybridized carbons (Fsp3) is 0.800. The smallest absolute Gasteiger partial charge is 0.180 e. The van der Waals surface area contributed by atoms with E-state index in [0.717, 1.165) is 29.9 Å². The predicted octanol–water partition coefficient (Wildman–Crippen LogP) is 7.57. The number of unbranched alkanes of at least 4 members (excludes halogenated alkanes) is 18. The molecule has 0 bridgehead atoms. The maximum absolute atomic E-state index is 10.4.